The largest absolute Gasteiger partial charge is 0.372 e. The Morgan fingerprint density at radius 1 is 1.16 bits per heavy atom. The van der Waals surface area contributed by atoms with Crippen LogP contribution in [0.15, 0.2) is 54.2 Å². The van der Waals surface area contributed by atoms with E-state index in [0.717, 1.165) is 24.3 Å². The van der Waals surface area contributed by atoms with Crippen LogP contribution in [0.1, 0.15) is 26.3 Å². The van der Waals surface area contributed by atoms with Gasteiger partial charge in [-0.15, -0.1) is 0 Å². The van der Waals surface area contributed by atoms with Gasteiger partial charge in [0.25, 0.3) is 5.91 Å². The first kappa shape index (κ1) is 18.4. The van der Waals surface area contributed by atoms with E-state index in [1.54, 1.807) is 37.4 Å². The van der Waals surface area contributed by atoms with Gasteiger partial charge in [-0.3, -0.25) is 4.79 Å². The lowest BCUT2D eigenvalue weighted by molar-refractivity contribution is -0.112. The van der Waals surface area contributed by atoms with Crippen molar-refractivity contribution in [3.8, 4) is 0 Å². The van der Waals surface area contributed by atoms with Crippen LogP contribution in [0.5, 0.6) is 0 Å². The molecular weight excluding hydrogens is 312 g/mol. The van der Waals surface area contributed by atoms with Crippen LogP contribution in [-0.2, 0) is 4.79 Å². The summed E-state index contributed by atoms with van der Waals surface area (Å²) < 4.78 is 0. The fourth-order valence-electron chi connectivity index (χ4n) is 2.50. The summed E-state index contributed by atoms with van der Waals surface area (Å²) >= 11 is 0. The molecule has 1 aromatic heterocycles. The molecule has 2 rings (SSSR count). The topological polar surface area (TPSA) is 69.1 Å². The van der Waals surface area contributed by atoms with Crippen LogP contribution in [0.25, 0.3) is 6.08 Å². The maximum atomic E-state index is 12.5. The molecule has 0 spiro atoms. The molecule has 0 atom stereocenters. The number of amides is 1. The van der Waals surface area contributed by atoms with Gasteiger partial charge < -0.3 is 15.6 Å². The molecule has 5 heteroatoms. The Bertz CT molecular complexity index is 747. The molecule has 0 aliphatic rings. The second-order valence-corrected chi connectivity index (χ2v) is 5.62. The third-order valence-electron chi connectivity index (χ3n) is 3.89. The molecule has 1 amide bonds. The maximum Gasteiger partial charge on any atom is 0.258 e. The fraction of sp³-hybridized carbons (Fsp3) is 0.250. The molecular formula is C20H24N4O. The highest BCUT2D eigenvalue weighted by Gasteiger charge is 2.13. The molecule has 0 radical (unpaired) electrons. The van der Waals surface area contributed by atoms with E-state index >= 15 is 0 Å². The van der Waals surface area contributed by atoms with Gasteiger partial charge in [0.2, 0.25) is 0 Å². The summed E-state index contributed by atoms with van der Waals surface area (Å²) in [5, 5.41) is 10.6. The third kappa shape index (κ3) is 5.01. The van der Waals surface area contributed by atoms with Crippen molar-refractivity contribution in [2.45, 2.75) is 20.8 Å². The highest BCUT2D eigenvalue weighted by Crippen LogP contribution is 2.17. The number of anilines is 2. The smallest absolute Gasteiger partial charge is 0.258 e. The Morgan fingerprint density at radius 3 is 2.36 bits per heavy atom. The Balaban J connectivity index is 2.21. The van der Waals surface area contributed by atoms with Crippen LogP contribution in [0.2, 0.25) is 0 Å². The second kappa shape index (κ2) is 8.78. The molecule has 0 unspecified atom stereocenters. The van der Waals surface area contributed by atoms with E-state index in [2.05, 4.69) is 29.0 Å². The van der Waals surface area contributed by atoms with Gasteiger partial charge in [-0.1, -0.05) is 18.2 Å². The summed E-state index contributed by atoms with van der Waals surface area (Å²) in [4.78, 5) is 18.8. The summed E-state index contributed by atoms with van der Waals surface area (Å²) in [6.07, 6.45) is 3.34. The lowest BCUT2D eigenvalue weighted by Gasteiger charge is -2.20. The molecule has 5 nitrogen and oxygen atoms in total. The second-order valence-electron chi connectivity index (χ2n) is 5.62. The van der Waals surface area contributed by atoms with Crippen LogP contribution in [0.3, 0.4) is 0 Å². The molecule has 0 saturated carbocycles. The highest BCUT2D eigenvalue weighted by atomic mass is 16.1. The van der Waals surface area contributed by atoms with Crippen LogP contribution < -0.4 is 10.2 Å². The van der Waals surface area contributed by atoms with Crippen molar-refractivity contribution < 1.29 is 4.79 Å². The predicted molar refractivity (Wildman–Crippen MR) is 104 cm³/mol. The van der Waals surface area contributed by atoms with E-state index in [-0.39, 0.29) is 11.6 Å². The van der Waals surface area contributed by atoms with Crippen LogP contribution in [-0.4, -0.2) is 29.7 Å². The number of aromatic nitrogens is 1. The van der Waals surface area contributed by atoms with Gasteiger partial charge in [0.15, 0.2) is 0 Å². The average molecular weight is 336 g/mol. The van der Waals surface area contributed by atoms with Crippen molar-refractivity contribution in [1.82, 2.24) is 4.98 Å². The Morgan fingerprint density at radius 2 is 1.84 bits per heavy atom. The molecule has 1 heterocycles. The zero-order valence-corrected chi connectivity index (χ0v) is 14.9. The van der Waals surface area contributed by atoms with Crippen molar-refractivity contribution in [2.75, 3.05) is 23.3 Å². The Kier molecular flexibility index (Phi) is 6.46. The molecule has 2 N–H and O–H groups in total. The standard InChI is InChI=1S/C20H24N4O/c1-4-24(5-2)17-11-9-16(10-12-17)14-18(15(3)21)20(25)23-19-8-6-7-13-22-19/h6-14,21H,4-5H2,1-3H3,(H,22,23,25)/b18-14-,21-15?. The molecule has 0 aliphatic carbocycles. The van der Waals surface area contributed by atoms with Crippen molar-refractivity contribution in [1.29, 1.82) is 5.41 Å². The first-order chi connectivity index (χ1) is 12.0. The highest BCUT2D eigenvalue weighted by molar-refractivity contribution is 6.26. The van der Waals surface area contributed by atoms with E-state index in [0.29, 0.717) is 11.4 Å². The van der Waals surface area contributed by atoms with Gasteiger partial charge in [-0.2, -0.15) is 0 Å². The molecule has 25 heavy (non-hydrogen) atoms. The van der Waals surface area contributed by atoms with Gasteiger partial charge in [0, 0.05) is 30.7 Å². The molecule has 0 aliphatic heterocycles. The number of carbonyl (C=O) groups is 1. The number of benzene rings is 1. The van der Waals surface area contributed by atoms with Crippen LogP contribution in [0, 0.1) is 5.41 Å². The Hall–Kier alpha value is -2.95. The first-order valence-electron chi connectivity index (χ1n) is 8.39. The van der Waals surface area contributed by atoms with E-state index in [1.165, 1.54) is 0 Å². The van der Waals surface area contributed by atoms with E-state index in [9.17, 15) is 4.79 Å². The quantitative estimate of drug-likeness (QED) is 0.593. The van der Waals surface area contributed by atoms with Gasteiger partial charge in [0.1, 0.15) is 5.82 Å². The average Bonchev–Trinajstić information content (AvgIpc) is 2.62. The number of hydrogen-bond donors (Lipinski definition) is 2. The minimum Gasteiger partial charge on any atom is -0.372 e. The monoisotopic (exact) mass is 336 g/mol. The number of nitrogens with one attached hydrogen (secondary N) is 2. The first-order valence-corrected chi connectivity index (χ1v) is 8.39. The maximum absolute atomic E-state index is 12.5. The van der Waals surface area contributed by atoms with Gasteiger partial charge in [-0.05, 0) is 56.7 Å². The minimum atomic E-state index is -0.334. The normalized spacial score (nSPS) is 11.1. The van der Waals surface area contributed by atoms with Crippen molar-refractivity contribution in [2.24, 2.45) is 0 Å². The summed E-state index contributed by atoms with van der Waals surface area (Å²) in [5.74, 6) is 0.135. The summed E-state index contributed by atoms with van der Waals surface area (Å²) in [6.45, 7) is 7.74. The van der Waals surface area contributed by atoms with E-state index in [1.807, 2.05) is 24.3 Å². The summed E-state index contributed by atoms with van der Waals surface area (Å²) in [5.41, 5.74) is 2.56. The molecule has 0 bridgehead atoms. The SMILES string of the molecule is CCN(CC)c1ccc(/C=C(/C(C)=N)C(=O)Nc2ccccn2)cc1. The minimum absolute atomic E-state index is 0.209. The number of nitrogens with zero attached hydrogens (tertiary/aromatic N) is 2. The molecule has 0 saturated heterocycles. The Labute approximate surface area is 148 Å². The third-order valence-corrected chi connectivity index (χ3v) is 3.89. The van der Waals surface area contributed by atoms with Crippen LogP contribution in [0.4, 0.5) is 11.5 Å². The zero-order valence-electron chi connectivity index (χ0n) is 14.9. The number of carbonyl (C=O) groups excluding carboxylic acids is 1. The molecule has 2 aromatic rings. The lowest BCUT2D eigenvalue weighted by atomic mass is 10.1. The number of pyridine rings is 1. The van der Waals surface area contributed by atoms with Gasteiger partial charge in [0.05, 0.1) is 5.57 Å². The van der Waals surface area contributed by atoms with Gasteiger partial charge in [-0.25, -0.2) is 4.98 Å². The summed E-state index contributed by atoms with van der Waals surface area (Å²) in [7, 11) is 0. The van der Waals surface area contributed by atoms with Crippen molar-refractivity contribution in [3.63, 3.8) is 0 Å². The molecule has 130 valence electrons. The molecule has 1 aromatic carbocycles. The van der Waals surface area contributed by atoms with E-state index in [4.69, 9.17) is 5.41 Å². The lowest BCUT2D eigenvalue weighted by Crippen LogP contribution is -2.21. The van der Waals surface area contributed by atoms with Gasteiger partial charge >= 0.3 is 0 Å². The predicted octanol–water partition coefficient (Wildman–Crippen LogP) is 3.99. The van der Waals surface area contributed by atoms with E-state index < -0.39 is 0 Å². The molecule has 0 fully saturated rings. The van der Waals surface area contributed by atoms with Crippen molar-refractivity contribution in [3.05, 3.63) is 59.8 Å². The van der Waals surface area contributed by atoms with Crippen molar-refractivity contribution >= 4 is 29.2 Å². The number of hydrogen-bond acceptors (Lipinski definition) is 4. The summed E-state index contributed by atoms with van der Waals surface area (Å²) in [6, 6.07) is 13.3. The number of rotatable bonds is 7. The zero-order chi connectivity index (χ0) is 18.2. The van der Waals surface area contributed by atoms with Crippen LogP contribution >= 0.6 is 0 Å². The fourth-order valence-corrected chi connectivity index (χ4v) is 2.50.